The summed E-state index contributed by atoms with van der Waals surface area (Å²) in [4.78, 5) is 0. The molecule has 2 rings (SSSR count). The van der Waals surface area contributed by atoms with Crippen LogP contribution in [0.5, 0.6) is 0 Å². The van der Waals surface area contributed by atoms with Crippen LogP contribution in [-0.4, -0.2) is 19.1 Å². The summed E-state index contributed by atoms with van der Waals surface area (Å²) in [5.41, 5.74) is 8.23. The normalized spacial score (nSPS) is 24.5. The summed E-state index contributed by atoms with van der Waals surface area (Å²) < 4.78 is 29.2. The van der Waals surface area contributed by atoms with Gasteiger partial charge in [-0.1, -0.05) is 24.3 Å². The summed E-state index contributed by atoms with van der Waals surface area (Å²) in [5.74, 6) is 0. The van der Waals surface area contributed by atoms with Crippen LogP contribution in [0.1, 0.15) is 23.6 Å². The second-order valence-corrected chi connectivity index (χ2v) is 4.03. The van der Waals surface area contributed by atoms with Gasteiger partial charge in [0.15, 0.2) is 0 Å². The van der Waals surface area contributed by atoms with E-state index in [1.807, 2.05) is 24.3 Å². The average Bonchev–Trinajstić information content (AvgIpc) is 2.28. The van der Waals surface area contributed by atoms with Gasteiger partial charge in [0, 0.05) is 0 Å². The van der Waals surface area contributed by atoms with Crippen molar-refractivity contribution in [2.75, 3.05) is 6.61 Å². The molecule has 1 aliphatic carbocycles. The molecule has 0 spiro atoms. The molecule has 0 aliphatic heterocycles. The standard InChI is InChI=1S/C12H15F2NO/c13-11(14)7-16-10-6-5-8-3-1-2-4-9(8)12(10)15/h1-4,10-12H,5-7,15H2. The highest BCUT2D eigenvalue weighted by atomic mass is 19.3. The summed E-state index contributed by atoms with van der Waals surface area (Å²) in [6, 6.07) is 7.56. The van der Waals surface area contributed by atoms with Gasteiger partial charge in [0.1, 0.15) is 6.61 Å². The maximum atomic E-state index is 12.0. The number of nitrogens with two attached hydrogens (primary N) is 1. The quantitative estimate of drug-likeness (QED) is 0.859. The summed E-state index contributed by atoms with van der Waals surface area (Å²) in [5, 5.41) is 0. The molecule has 0 heterocycles. The fourth-order valence-corrected chi connectivity index (χ4v) is 2.15. The summed E-state index contributed by atoms with van der Waals surface area (Å²) in [6.45, 7) is -0.527. The van der Waals surface area contributed by atoms with Crippen LogP contribution in [0.15, 0.2) is 24.3 Å². The van der Waals surface area contributed by atoms with Crippen molar-refractivity contribution in [3.05, 3.63) is 35.4 Å². The average molecular weight is 227 g/mol. The van der Waals surface area contributed by atoms with Crippen molar-refractivity contribution in [3.8, 4) is 0 Å². The van der Waals surface area contributed by atoms with Crippen LogP contribution in [-0.2, 0) is 11.2 Å². The molecular formula is C12H15F2NO. The Kier molecular flexibility index (Phi) is 3.51. The minimum atomic E-state index is -2.43. The summed E-state index contributed by atoms with van der Waals surface area (Å²) >= 11 is 0. The zero-order valence-electron chi connectivity index (χ0n) is 8.90. The largest absolute Gasteiger partial charge is 0.370 e. The molecule has 16 heavy (non-hydrogen) atoms. The molecule has 4 heteroatoms. The van der Waals surface area contributed by atoms with Crippen molar-refractivity contribution in [2.24, 2.45) is 5.73 Å². The first kappa shape index (κ1) is 11.5. The smallest absolute Gasteiger partial charge is 0.261 e. The third-order valence-corrected chi connectivity index (χ3v) is 2.95. The molecule has 1 aliphatic rings. The number of fused-ring (bicyclic) bond motifs is 1. The van der Waals surface area contributed by atoms with E-state index in [0.717, 1.165) is 12.0 Å². The van der Waals surface area contributed by atoms with E-state index in [0.29, 0.717) is 6.42 Å². The fourth-order valence-electron chi connectivity index (χ4n) is 2.15. The molecule has 0 saturated heterocycles. The van der Waals surface area contributed by atoms with Crippen molar-refractivity contribution in [1.29, 1.82) is 0 Å². The number of alkyl halides is 2. The number of ether oxygens (including phenoxy) is 1. The molecule has 2 atom stereocenters. The lowest BCUT2D eigenvalue weighted by molar-refractivity contribution is -0.0389. The second kappa shape index (κ2) is 4.89. The number of aryl methyl sites for hydroxylation is 1. The van der Waals surface area contributed by atoms with E-state index >= 15 is 0 Å². The van der Waals surface area contributed by atoms with Gasteiger partial charge in [-0.2, -0.15) is 0 Å². The molecule has 2 nitrogen and oxygen atoms in total. The molecule has 0 bridgehead atoms. The van der Waals surface area contributed by atoms with E-state index in [9.17, 15) is 8.78 Å². The van der Waals surface area contributed by atoms with Crippen molar-refractivity contribution in [1.82, 2.24) is 0 Å². The Morgan fingerprint density at radius 1 is 1.38 bits per heavy atom. The van der Waals surface area contributed by atoms with E-state index < -0.39 is 13.0 Å². The maximum absolute atomic E-state index is 12.0. The van der Waals surface area contributed by atoms with Crippen molar-refractivity contribution in [3.63, 3.8) is 0 Å². The molecule has 0 radical (unpaired) electrons. The Bertz CT molecular complexity index is 357. The number of hydrogen-bond acceptors (Lipinski definition) is 2. The Hall–Kier alpha value is -1.00. The molecule has 0 aromatic heterocycles. The van der Waals surface area contributed by atoms with Crippen molar-refractivity contribution in [2.45, 2.75) is 31.4 Å². The molecule has 2 unspecified atom stereocenters. The number of benzene rings is 1. The first-order chi connectivity index (χ1) is 7.68. The maximum Gasteiger partial charge on any atom is 0.261 e. The summed E-state index contributed by atoms with van der Waals surface area (Å²) in [7, 11) is 0. The van der Waals surface area contributed by atoms with Crippen LogP contribution >= 0.6 is 0 Å². The van der Waals surface area contributed by atoms with Crippen molar-refractivity contribution >= 4 is 0 Å². The van der Waals surface area contributed by atoms with E-state index in [2.05, 4.69) is 0 Å². The molecule has 0 amide bonds. The molecule has 0 saturated carbocycles. The van der Waals surface area contributed by atoms with Crippen LogP contribution in [0.2, 0.25) is 0 Å². The predicted octanol–water partition coefficient (Wildman–Crippen LogP) is 2.28. The van der Waals surface area contributed by atoms with E-state index in [-0.39, 0.29) is 12.1 Å². The highest BCUT2D eigenvalue weighted by Crippen LogP contribution is 2.30. The van der Waals surface area contributed by atoms with Crippen molar-refractivity contribution < 1.29 is 13.5 Å². The van der Waals surface area contributed by atoms with Crippen LogP contribution in [0, 0.1) is 0 Å². The minimum absolute atomic E-state index is 0.288. The lowest BCUT2D eigenvalue weighted by Gasteiger charge is -2.30. The molecular weight excluding hydrogens is 212 g/mol. The van der Waals surface area contributed by atoms with Gasteiger partial charge < -0.3 is 10.5 Å². The topological polar surface area (TPSA) is 35.2 Å². The Labute approximate surface area is 93.4 Å². The number of rotatable bonds is 3. The zero-order chi connectivity index (χ0) is 11.5. The van der Waals surface area contributed by atoms with E-state index in [1.165, 1.54) is 5.56 Å². The van der Waals surface area contributed by atoms with Gasteiger partial charge in [0.2, 0.25) is 0 Å². The van der Waals surface area contributed by atoms with Crippen LogP contribution in [0.4, 0.5) is 8.78 Å². The lowest BCUT2D eigenvalue weighted by Crippen LogP contribution is -2.34. The molecule has 0 fully saturated rings. The highest BCUT2D eigenvalue weighted by Gasteiger charge is 2.27. The zero-order valence-corrected chi connectivity index (χ0v) is 8.90. The van der Waals surface area contributed by atoms with Gasteiger partial charge in [-0.15, -0.1) is 0 Å². The number of halogens is 2. The second-order valence-electron chi connectivity index (χ2n) is 4.03. The van der Waals surface area contributed by atoms with Crippen LogP contribution < -0.4 is 5.73 Å². The van der Waals surface area contributed by atoms with Crippen LogP contribution in [0.3, 0.4) is 0 Å². The Morgan fingerprint density at radius 3 is 2.88 bits per heavy atom. The Balaban J connectivity index is 2.06. The lowest BCUT2D eigenvalue weighted by atomic mass is 9.86. The number of hydrogen-bond donors (Lipinski definition) is 1. The van der Waals surface area contributed by atoms with Gasteiger partial charge in [0.25, 0.3) is 6.43 Å². The molecule has 2 N–H and O–H groups in total. The molecule has 1 aromatic rings. The van der Waals surface area contributed by atoms with Gasteiger partial charge in [-0.25, -0.2) is 8.78 Å². The molecule has 1 aromatic carbocycles. The van der Waals surface area contributed by atoms with Gasteiger partial charge in [-0.05, 0) is 24.0 Å². The van der Waals surface area contributed by atoms with Crippen LogP contribution in [0.25, 0.3) is 0 Å². The monoisotopic (exact) mass is 227 g/mol. The third-order valence-electron chi connectivity index (χ3n) is 2.95. The van der Waals surface area contributed by atoms with E-state index in [1.54, 1.807) is 0 Å². The predicted molar refractivity (Wildman–Crippen MR) is 57.4 cm³/mol. The van der Waals surface area contributed by atoms with Gasteiger partial charge >= 0.3 is 0 Å². The summed E-state index contributed by atoms with van der Waals surface area (Å²) in [6.07, 6.45) is -1.16. The molecule has 88 valence electrons. The third kappa shape index (κ3) is 2.39. The first-order valence-electron chi connectivity index (χ1n) is 5.41. The first-order valence-corrected chi connectivity index (χ1v) is 5.41. The highest BCUT2D eigenvalue weighted by molar-refractivity contribution is 5.33. The minimum Gasteiger partial charge on any atom is -0.370 e. The van der Waals surface area contributed by atoms with Gasteiger partial charge in [-0.3, -0.25) is 0 Å². The SMILES string of the molecule is NC1c2ccccc2CCC1OCC(F)F. The van der Waals surface area contributed by atoms with E-state index in [4.69, 9.17) is 10.5 Å². The fraction of sp³-hybridized carbons (Fsp3) is 0.500. The Morgan fingerprint density at radius 2 is 2.12 bits per heavy atom. The van der Waals surface area contributed by atoms with Gasteiger partial charge in [0.05, 0.1) is 12.1 Å².